The van der Waals surface area contributed by atoms with E-state index in [2.05, 4.69) is 5.32 Å². The van der Waals surface area contributed by atoms with Crippen molar-refractivity contribution in [3.63, 3.8) is 0 Å². The van der Waals surface area contributed by atoms with Gasteiger partial charge in [-0.25, -0.2) is 0 Å². The number of allylic oxidation sites excluding steroid dienone is 2. The first kappa shape index (κ1) is 28.3. The Kier molecular flexibility index (Phi) is 8.68. The second-order valence-electron chi connectivity index (χ2n) is 11.7. The standard InChI is InChI=1S/C32H39N3O4/c1-22-11-10-14-24(19-22)21-35(27(29(37)33-32(2,3)4)20-23-12-6-5-7-13-23)28(36)17-18-34-30(38)25-15-8-9-16-26(25)31(34)39/h5-14,19,25-27H,15-18,20-21H2,1-4H3,(H,33,37)/t25-,26+,27-/m1/s1. The molecule has 0 unspecified atom stereocenters. The average Bonchev–Trinajstić information content (AvgIpc) is 3.13. The van der Waals surface area contributed by atoms with Gasteiger partial charge in [0, 0.05) is 31.5 Å². The molecule has 0 aromatic heterocycles. The van der Waals surface area contributed by atoms with E-state index >= 15 is 0 Å². The van der Waals surface area contributed by atoms with Gasteiger partial charge in [0.1, 0.15) is 6.04 Å². The van der Waals surface area contributed by atoms with Crippen LogP contribution in [-0.4, -0.2) is 51.6 Å². The highest BCUT2D eigenvalue weighted by Gasteiger charge is 2.47. The Morgan fingerprint density at radius 2 is 1.56 bits per heavy atom. The van der Waals surface area contributed by atoms with Crippen molar-refractivity contribution in [1.82, 2.24) is 15.1 Å². The number of likely N-dealkylation sites (tertiary alicyclic amines) is 1. The van der Waals surface area contributed by atoms with E-state index in [4.69, 9.17) is 0 Å². The summed E-state index contributed by atoms with van der Waals surface area (Å²) >= 11 is 0. The average molecular weight is 530 g/mol. The van der Waals surface area contributed by atoms with E-state index in [1.165, 1.54) is 4.90 Å². The lowest BCUT2D eigenvalue weighted by Crippen LogP contribution is -2.54. The first-order valence-corrected chi connectivity index (χ1v) is 13.7. The van der Waals surface area contributed by atoms with Crippen molar-refractivity contribution < 1.29 is 19.2 Å². The third-order valence-electron chi connectivity index (χ3n) is 7.35. The molecule has 1 saturated heterocycles. The molecule has 206 valence electrons. The van der Waals surface area contributed by atoms with Crippen LogP contribution in [0.3, 0.4) is 0 Å². The van der Waals surface area contributed by atoms with Crippen LogP contribution in [0, 0.1) is 18.8 Å². The van der Waals surface area contributed by atoms with E-state index in [0.717, 1.165) is 16.7 Å². The molecule has 1 aliphatic heterocycles. The summed E-state index contributed by atoms with van der Waals surface area (Å²) in [7, 11) is 0. The topological polar surface area (TPSA) is 86.8 Å². The van der Waals surface area contributed by atoms with Crippen LogP contribution in [0.25, 0.3) is 0 Å². The fourth-order valence-electron chi connectivity index (χ4n) is 5.45. The maximum atomic E-state index is 13.9. The SMILES string of the molecule is Cc1cccc(CN(C(=O)CCN2C(=O)[C@H]3CC=CC[C@H]3C2=O)[C@H](Cc2ccccc2)C(=O)NC(C)(C)C)c1. The molecular weight excluding hydrogens is 490 g/mol. The molecule has 1 fully saturated rings. The molecular formula is C32H39N3O4. The van der Waals surface area contributed by atoms with Gasteiger partial charge in [0.25, 0.3) is 0 Å². The Hall–Kier alpha value is -3.74. The number of carbonyl (C=O) groups is 4. The van der Waals surface area contributed by atoms with Crippen LogP contribution >= 0.6 is 0 Å². The third kappa shape index (κ3) is 7.02. The summed E-state index contributed by atoms with van der Waals surface area (Å²) in [6, 6.07) is 16.8. The highest BCUT2D eigenvalue weighted by Crippen LogP contribution is 2.35. The molecule has 0 bridgehead atoms. The van der Waals surface area contributed by atoms with Crippen LogP contribution < -0.4 is 5.32 Å². The minimum absolute atomic E-state index is 0.0206. The molecule has 7 nitrogen and oxygen atoms in total. The number of imide groups is 1. The first-order valence-electron chi connectivity index (χ1n) is 13.7. The highest BCUT2D eigenvalue weighted by molar-refractivity contribution is 6.05. The van der Waals surface area contributed by atoms with Crippen LogP contribution in [0.5, 0.6) is 0 Å². The number of carbonyl (C=O) groups excluding carboxylic acids is 4. The summed E-state index contributed by atoms with van der Waals surface area (Å²) in [6.45, 7) is 7.99. The van der Waals surface area contributed by atoms with E-state index in [1.54, 1.807) is 4.90 Å². The Bertz CT molecular complexity index is 1220. The molecule has 1 aliphatic carbocycles. The van der Waals surface area contributed by atoms with E-state index < -0.39 is 11.6 Å². The minimum Gasteiger partial charge on any atom is -0.350 e. The Labute approximate surface area is 231 Å². The molecule has 0 radical (unpaired) electrons. The number of benzene rings is 2. The summed E-state index contributed by atoms with van der Waals surface area (Å²) in [5.41, 5.74) is 2.43. The highest BCUT2D eigenvalue weighted by atomic mass is 16.2. The van der Waals surface area contributed by atoms with E-state index in [-0.39, 0.29) is 55.0 Å². The number of aryl methyl sites for hydroxylation is 1. The van der Waals surface area contributed by atoms with Crippen LogP contribution in [0.2, 0.25) is 0 Å². The zero-order valence-corrected chi connectivity index (χ0v) is 23.4. The molecule has 1 heterocycles. The fraction of sp³-hybridized carbons (Fsp3) is 0.438. The quantitative estimate of drug-likeness (QED) is 0.390. The number of hydrogen-bond acceptors (Lipinski definition) is 4. The van der Waals surface area contributed by atoms with Crippen molar-refractivity contribution in [3.8, 4) is 0 Å². The molecule has 3 atom stereocenters. The van der Waals surface area contributed by atoms with Crippen molar-refractivity contribution >= 4 is 23.6 Å². The minimum atomic E-state index is -0.767. The molecule has 4 rings (SSSR count). The Morgan fingerprint density at radius 3 is 2.15 bits per heavy atom. The van der Waals surface area contributed by atoms with Crippen molar-refractivity contribution in [1.29, 1.82) is 0 Å². The first-order chi connectivity index (χ1) is 18.5. The second-order valence-corrected chi connectivity index (χ2v) is 11.7. The lowest BCUT2D eigenvalue weighted by molar-refractivity contribution is -0.144. The van der Waals surface area contributed by atoms with Gasteiger partial charge >= 0.3 is 0 Å². The van der Waals surface area contributed by atoms with Gasteiger partial charge in [-0.05, 0) is 51.7 Å². The van der Waals surface area contributed by atoms with Crippen LogP contribution in [0.15, 0.2) is 66.7 Å². The second kappa shape index (κ2) is 12.0. The maximum Gasteiger partial charge on any atom is 0.243 e. The zero-order chi connectivity index (χ0) is 28.2. The van der Waals surface area contributed by atoms with Gasteiger partial charge < -0.3 is 10.2 Å². The van der Waals surface area contributed by atoms with Crippen LogP contribution in [-0.2, 0) is 32.1 Å². The molecule has 0 spiro atoms. The lowest BCUT2D eigenvalue weighted by atomic mass is 9.85. The van der Waals surface area contributed by atoms with Gasteiger partial charge in [-0.3, -0.25) is 24.1 Å². The molecule has 4 amide bonds. The smallest absolute Gasteiger partial charge is 0.243 e. The fourth-order valence-corrected chi connectivity index (χ4v) is 5.45. The van der Waals surface area contributed by atoms with Crippen LogP contribution in [0.4, 0.5) is 0 Å². The number of nitrogens with one attached hydrogen (secondary N) is 1. The summed E-state index contributed by atoms with van der Waals surface area (Å²) < 4.78 is 0. The largest absolute Gasteiger partial charge is 0.350 e. The summed E-state index contributed by atoms with van der Waals surface area (Å²) in [5, 5.41) is 3.06. The van der Waals surface area contributed by atoms with Gasteiger partial charge in [0.15, 0.2) is 0 Å². The van der Waals surface area contributed by atoms with Crippen molar-refractivity contribution in [3.05, 3.63) is 83.4 Å². The predicted molar refractivity (Wildman–Crippen MR) is 150 cm³/mol. The number of nitrogens with zero attached hydrogens (tertiary/aromatic N) is 2. The van der Waals surface area contributed by atoms with Gasteiger partial charge in [0.2, 0.25) is 23.6 Å². The molecule has 39 heavy (non-hydrogen) atoms. The number of hydrogen-bond donors (Lipinski definition) is 1. The van der Waals surface area contributed by atoms with E-state index in [9.17, 15) is 19.2 Å². The molecule has 2 aliphatic rings. The van der Waals surface area contributed by atoms with Crippen LogP contribution in [0.1, 0.15) is 56.7 Å². The number of fused-ring (bicyclic) bond motifs is 1. The summed E-state index contributed by atoms with van der Waals surface area (Å²) in [5.74, 6) is -1.56. The van der Waals surface area contributed by atoms with Gasteiger partial charge in [-0.1, -0.05) is 72.3 Å². The van der Waals surface area contributed by atoms with Gasteiger partial charge in [-0.2, -0.15) is 0 Å². The van der Waals surface area contributed by atoms with Crippen molar-refractivity contribution in [2.75, 3.05) is 6.54 Å². The summed E-state index contributed by atoms with van der Waals surface area (Å²) in [6.07, 6.45) is 5.33. The molecule has 0 saturated carbocycles. The normalized spacial score (nSPS) is 19.5. The summed E-state index contributed by atoms with van der Waals surface area (Å²) in [4.78, 5) is 56.4. The van der Waals surface area contributed by atoms with Crippen molar-refractivity contribution in [2.45, 2.75) is 71.5 Å². The van der Waals surface area contributed by atoms with E-state index in [1.807, 2.05) is 94.4 Å². The lowest BCUT2D eigenvalue weighted by Gasteiger charge is -2.34. The van der Waals surface area contributed by atoms with Crippen molar-refractivity contribution in [2.24, 2.45) is 11.8 Å². The van der Waals surface area contributed by atoms with E-state index in [0.29, 0.717) is 19.3 Å². The zero-order valence-electron chi connectivity index (χ0n) is 23.4. The molecule has 1 N–H and O–H groups in total. The number of amides is 4. The predicted octanol–water partition coefficient (Wildman–Crippen LogP) is 4.19. The van der Waals surface area contributed by atoms with Gasteiger partial charge in [-0.15, -0.1) is 0 Å². The van der Waals surface area contributed by atoms with Gasteiger partial charge in [0.05, 0.1) is 11.8 Å². The third-order valence-corrected chi connectivity index (χ3v) is 7.35. The molecule has 2 aromatic rings. The Morgan fingerprint density at radius 1 is 0.949 bits per heavy atom. The Balaban J connectivity index is 1.60. The monoisotopic (exact) mass is 529 g/mol. The molecule has 7 heteroatoms. The maximum absolute atomic E-state index is 13.9. The molecule has 2 aromatic carbocycles. The number of rotatable bonds is 9.